The third-order valence-corrected chi connectivity index (χ3v) is 8.69. The zero-order valence-electron chi connectivity index (χ0n) is 19.8. The Morgan fingerprint density at radius 3 is 2.46 bits per heavy atom. The van der Waals surface area contributed by atoms with Crippen LogP contribution in [0.1, 0.15) is 26.2 Å². The first-order valence-electron chi connectivity index (χ1n) is 11.5. The number of para-hydroxylation sites is 2. The van der Waals surface area contributed by atoms with Crippen LogP contribution in [0.15, 0.2) is 58.6 Å². The number of nitrogens with zero attached hydrogens (tertiary/aromatic N) is 4. The average molecular weight is 516 g/mol. The summed E-state index contributed by atoms with van der Waals surface area (Å²) in [6.07, 6.45) is 2.86. The molecule has 9 nitrogen and oxygen atoms in total. The van der Waals surface area contributed by atoms with Gasteiger partial charge in [0.25, 0.3) is 0 Å². The number of methoxy groups -OCH3 is 1. The summed E-state index contributed by atoms with van der Waals surface area (Å²) in [7, 11) is -1.93. The van der Waals surface area contributed by atoms with Crippen molar-refractivity contribution in [1.82, 2.24) is 19.1 Å². The first-order valence-corrected chi connectivity index (χ1v) is 14.0. The second-order valence-electron chi connectivity index (χ2n) is 8.08. The van der Waals surface area contributed by atoms with E-state index in [0.717, 1.165) is 24.8 Å². The molecule has 0 radical (unpaired) electrons. The predicted octanol–water partition coefficient (Wildman–Crippen LogP) is 3.88. The van der Waals surface area contributed by atoms with E-state index in [1.54, 1.807) is 47.8 Å². The van der Waals surface area contributed by atoms with Crippen LogP contribution in [-0.4, -0.2) is 59.3 Å². The smallest absolute Gasteiger partial charge is 0.243 e. The zero-order valence-corrected chi connectivity index (χ0v) is 21.4. The topological polar surface area (TPSA) is 106 Å². The normalized spacial score (nSPS) is 14.6. The Kier molecular flexibility index (Phi) is 8.09. The molecule has 0 bridgehead atoms. The Morgan fingerprint density at radius 2 is 1.77 bits per heavy atom. The minimum absolute atomic E-state index is 0.156. The maximum absolute atomic E-state index is 12.9. The molecule has 0 atom stereocenters. The van der Waals surface area contributed by atoms with Crippen LogP contribution >= 0.6 is 11.8 Å². The highest BCUT2D eigenvalue weighted by Gasteiger charge is 2.26. The van der Waals surface area contributed by atoms with Crippen LogP contribution in [0, 0.1) is 0 Å². The van der Waals surface area contributed by atoms with Crippen molar-refractivity contribution in [3.8, 4) is 17.1 Å². The number of hydrogen-bond donors (Lipinski definition) is 1. The van der Waals surface area contributed by atoms with E-state index in [9.17, 15) is 13.2 Å². The highest BCUT2D eigenvalue weighted by atomic mass is 32.2. The lowest BCUT2D eigenvalue weighted by Gasteiger charge is -2.25. The number of carbonyl (C=O) groups excluding carboxylic acids is 1. The van der Waals surface area contributed by atoms with Crippen LogP contribution in [-0.2, 0) is 21.4 Å². The summed E-state index contributed by atoms with van der Waals surface area (Å²) < 4.78 is 34.6. The Bertz CT molecular complexity index is 1270. The Labute approximate surface area is 209 Å². The molecule has 186 valence electrons. The van der Waals surface area contributed by atoms with E-state index in [4.69, 9.17) is 4.74 Å². The van der Waals surface area contributed by atoms with Crippen LogP contribution in [0.3, 0.4) is 0 Å². The largest absolute Gasteiger partial charge is 0.495 e. The quantitative estimate of drug-likeness (QED) is 0.431. The van der Waals surface area contributed by atoms with Gasteiger partial charge in [-0.3, -0.25) is 4.79 Å². The summed E-state index contributed by atoms with van der Waals surface area (Å²) in [6.45, 7) is 3.71. The van der Waals surface area contributed by atoms with Crippen molar-refractivity contribution in [2.24, 2.45) is 0 Å². The number of sulfonamides is 1. The fourth-order valence-electron chi connectivity index (χ4n) is 3.99. The van der Waals surface area contributed by atoms with Crippen LogP contribution in [0.25, 0.3) is 11.4 Å². The Balaban J connectivity index is 1.45. The van der Waals surface area contributed by atoms with Gasteiger partial charge < -0.3 is 14.6 Å². The molecule has 2 heterocycles. The van der Waals surface area contributed by atoms with E-state index in [1.807, 2.05) is 23.6 Å². The van der Waals surface area contributed by atoms with E-state index in [1.165, 1.54) is 11.8 Å². The number of ether oxygens (including phenoxy) is 1. The molecule has 1 saturated heterocycles. The second-order valence-corrected chi connectivity index (χ2v) is 11.0. The molecule has 0 unspecified atom stereocenters. The lowest BCUT2D eigenvalue weighted by Crippen LogP contribution is -2.35. The maximum atomic E-state index is 12.9. The number of benzene rings is 2. The number of thioether (sulfide) groups is 1. The van der Waals surface area contributed by atoms with Gasteiger partial charge in [-0.2, -0.15) is 4.31 Å². The number of amides is 1. The number of piperidine rings is 1. The molecule has 1 aliphatic heterocycles. The van der Waals surface area contributed by atoms with E-state index in [-0.39, 0.29) is 16.6 Å². The molecule has 4 rings (SSSR count). The molecule has 1 fully saturated rings. The molecule has 35 heavy (non-hydrogen) atoms. The number of anilines is 1. The highest BCUT2D eigenvalue weighted by Crippen LogP contribution is 2.28. The molecular formula is C24H29N5O4S2. The maximum Gasteiger partial charge on any atom is 0.243 e. The predicted molar refractivity (Wildman–Crippen MR) is 136 cm³/mol. The van der Waals surface area contributed by atoms with Gasteiger partial charge in [0, 0.05) is 25.2 Å². The number of rotatable bonds is 9. The van der Waals surface area contributed by atoms with Gasteiger partial charge in [-0.15, -0.1) is 10.2 Å². The number of aromatic nitrogens is 3. The molecule has 11 heteroatoms. The molecule has 1 N–H and O–H groups in total. The zero-order chi connectivity index (χ0) is 24.8. The van der Waals surface area contributed by atoms with Crippen molar-refractivity contribution < 1.29 is 17.9 Å². The summed E-state index contributed by atoms with van der Waals surface area (Å²) in [4.78, 5) is 12.8. The van der Waals surface area contributed by atoms with Crippen LogP contribution in [0.4, 0.5) is 5.69 Å². The molecule has 0 spiro atoms. The molecule has 0 aliphatic carbocycles. The monoisotopic (exact) mass is 515 g/mol. The van der Waals surface area contributed by atoms with Crippen molar-refractivity contribution in [3.63, 3.8) is 0 Å². The fourth-order valence-corrected chi connectivity index (χ4v) is 6.31. The second kappa shape index (κ2) is 11.2. The molecule has 3 aromatic rings. The van der Waals surface area contributed by atoms with Crippen molar-refractivity contribution in [3.05, 3.63) is 48.5 Å². The van der Waals surface area contributed by atoms with Crippen LogP contribution < -0.4 is 10.1 Å². The van der Waals surface area contributed by atoms with Crippen LogP contribution in [0.5, 0.6) is 5.75 Å². The lowest BCUT2D eigenvalue weighted by molar-refractivity contribution is -0.113. The molecule has 1 aromatic heterocycles. The fraction of sp³-hybridized carbons (Fsp3) is 0.375. The standard InChI is InChI=1S/C24H29N5O4S2/c1-3-29-23(18-11-13-19(14-12-18)35(31,32)28-15-7-4-8-16-28)26-27-24(29)34-17-22(30)25-20-9-5-6-10-21(20)33-2/h5-6,9-14H,3-4,7-8,15-17H2,1-2H3,(H,25,30). The third-order valence-electron chi connectivity index (χ3n) is 5.81. The molecule has 2 aromatic carbocycles. The van der Waals surface area contributed by atoms with Gasteiger partial charge in [0.15, 0.2) is 11.0 Å². The number of carbonyl (C=O) groups is 1. The van der Waals surface area contributed by atoms with Gasteiger partial charge in [0.1, 0.15) is 5.75 Å². The molecule has 1 amide bonds. The van der Waals surface area contributed by atoms with Gasteiger partial charge in [-0.05, 0) is 56.2 Å². The SMILES string of the molecule is CCn1c(SCC(=O)Nc2ccccc2OC)nnc1-c1ccc(S(=O)(=O)N2CCCCC2)cc1. The van der Waals surface area contributed by atoms with E-state index < -0.39 is 10.0 Å². The summed E-state index contributed by atoms with van der Waals surface area (Å²) in [5, 5.41) is 12.0. The Hall–Kier alpha value is -2.89. The van der Waals surface area contributed by atoms with E-state index in [0.29, 0.717) is 42.1 Å². The van der Waals surface area contributed by atoms with E-state index in [2.05, 4.69) is 15.5 Å². The number of hydrogen-bond acceptors (Lipinski definition) is 7. The van der Waals surface area contributed by atoms with Crippen molar-refractivity contribution in [2.45, 2.75) is 42.8 Å². The first-order chi connectivity index (χ1) is 16.9. The van der Waals surface area contributed by atoms with Gasteiger partial charge in [0.05, 0.1) is 23.4 Å². The van der Waals surface area contributed by atoms with Gasteiger partial charge in [-0.1, -0.05) is 30.3 Å². The lowest BCUT2D eigenvalue weighted by atomic mass is 10.2. The van der Waals surface area contributed by atoms with Gasteiger partial charge in [0.2, 0.25) is 15.9 Å². The number of nitrogens with one attached hydrogen (secondary N) is 1. The molecular weight excluding hydrogens is 486 g/mol. The minimum Gasteiger partial charge on any atom is -0.495 e. The first kappa shape index (κ1) is 25.2. The summed E-state index contributed by atoms with van der Waals surface area (Å²) in [5.74, 6) is 1.19. The average Bonchev–Trinajstić information content (AvgIpc) is 3.31. The van der Waals surface area contributed by atoms with Gasteiger partial charge >= 0.3 is 0 Å². The van der Waals surface area contributed by atoms with Crippen molar-refractivity contribution in [1.29, 1.82) is 0 Å². The summed E-state index contributed by atoms with van der Waals surface area (Å²) in [5.41, 5.74) is 1.38. The summed E-state index contributed by atoms with van der Waals surface area (Å²) >= 11 is 1.29. The third kappa shape index (κ3) is 5.68. The summed E-state index contributed by atoms with van der Waals surface area (Å²) in [6, 6.07) is 14.0. The van der Waals surface area contributed by atoms with Crippen molar-refractivity contribution in [2.75, 3.05) is 31.3 Å². The van der Waals surface area contributed by atoms with Crippen LogP contribution in [0.2, 0.25) is 0 Å². The molecule has 0 saturated carbocycles. The molecule has 1 aliphatic rings. The minimum atomic E-state index is -3.49. The van der Waals surface area contributed by atoms with Gasteiger partial charge in [-0.25, -0.2) is 8.42 Å². The highest BCUT2D eigenvalue weighted by molar-refractivity contribution is 7.99. The van der Waals surface area contributed by atoms with E-state index >= 15 is 0 Å². The Morgan fingerprint density at radius 1 is 1.06 bits per heavy atom. The van der Waals surface area contributed by atoms with Crippen molar-refractivity contribution >= 4 is 33.4 Å².